The molecule has 0 aliphatic heterocycles. The number of benzene rings is 3. The van der Waals surface area contributed by atoms with Crippen LogP contribution in [0.15, 0.2) is 80.1 Å². The molecule has 34 heavy (non-hydrogen) atoms. The summed E-state index contributed by atoms with van der Waals surface area (Å²) in [6.07, 6.45) is 1.35. The van der Waals surface area contributed by atoms with E-state index in [2.05, 4.69) is 37.2 Å². The number of carbonyl (C=O) groups excluding carboxylic acids is 1. The SMILES string of the molecule is COc1ccc(S(=O)(=O)Oc2cccc(/C=C(\C#N)C(=O)Nc3c(Br)cc(C)cc3Br)c2)cc1. The number of ether oxygens (including phenoxy) is 1. The number of methoxy groups -OCH3 is 1. The lowest BCUT2D eigenvalue weighted by Gasteiger charge is -2.11. The maximum atomic E-state index is 12.7. The van der Waals surface area contributed by atoms with Crippen molar-refractivity contribution in [3.8, 4) is 17.6 Å². The van der Waals surface area contributed by atoms with Crippen molar-refractivity contribution in [3.63, 3.8) is 0 Å². The van der Waals surface area contributed by atoms with Crippen molar-refractivity contribution in [2.75, 3.05) is 12.4 Å². The van der Waals surface area contributed by atoms with Crippen molar-refractivity contribution < 1.29 is 22.1 Å². The number of amides is 1. The predicted molar refractivity (Wildman–Crippen MR) is 136 cm³/mol. The number of aryl methyl sites for hydroxylation is 1. The van der Waals surface area contributed by atoms with Crippen LogP contribution < -0.4 is 14.2 Å². The summed E-state index contributed by atoms with van der Waals surface area (Å²) in [7, 11) is -2.61. The summed E-state index contributed by atoms with van der Waals surface area (Å²) in [5.41, 5.74) is 1.71. The summed E-state index contributed by atoms with van der Waals surface area (Å²) in [5, 5.41) is 12.2. The van der Waals surface area contributed by atoms with E-state index in [4.69, 9.17) is 8.92 Å². The highest BCUT2D eigenvalue weighted by Crippen LogP contribution is 2.32. The van der Waals surface area contributed by atoms with Gasteiger partial charge in [-0.25, -0.2) is 0 Å². The van der Waals surface area contributed by atoms with Crippen LogP contribution in [0.1, 0.15) is 11.1 Å². The maximum Gasteiger partial charge on any atom is 0.339 e. The Morgan fingerprint density at radius 2 is 1.68 bits per heavy atom. The van der Waals surface area contributed by atoms with Crippen molar-refractivity contribution in [1.82, 2.24) is 0 Å². The van der Waals surface area contributed by atoms with Gasteiger partial charge in [-0.1, -0.05) is 12.1 Å². The van der Waals surface area contributed by atoms with Crippen molar-refractivity contribution in [2.45, 2.75) is 11.8 Å². The molecule has 0 atom stereocenters. The Morgan fingerprint density at radius 1 is 1.03 bits per heavy atom. The van der Waals surface area contributed by atoms with Crippen LogP contribution in [0.3, 0.4) is 0 Å². The fourth-order valence-corrected chi connectivity index (χ4v) is 5.43. The molecule has 3 aromatic carbocycles. The second-order valence-corrected chi connectivity index (χ2v) is 10.3. The molecule has 10 heteroatoms. The molecule has 0 fully saturated rings. The van der Waals surface area contributed by atoms with Gasteiger partial charge in [0.15, 0.2) is 0 Å². The van der Waals surface area contributed by atoms with Crippen LogP contribution in [-0.4, -0.2) is 21.4 Å². The van der Waals surface area contributed by atoms with Gasteiger partial charge in [0.05, 0.1) is 12.8 Å². The van der Waals surface area contributed by atoms with E-state index in [1.54, 1.807) is 12.1 Å². The molecule has 1 N–H and O–H groups in total. The molecule has 0 aliphatic carbocycles. The standard InChI is InChI=1S/C24H18Br2N2O5S/c1-15-10-21(25)23(22(26)11-15)28-24(29)17(14-27)12-16-4-3-5-19(13-16)33-34(30,31)20-8-6-18(32-2)7-9-20/h3-13H,1-2H3,(H,28,29)/b17-12+. The van der Waals surface area contributed by atoms with E-state index in [9.17, 15) is 18.5 Å². The van der Waals surface area contributed by atoms with Gasteiger partial charge in [0.25, 0.3) is 5.91 Å². The number of halogens is 2. The number of rotatable bonds is 7. The van der Waals surface area contributed by atoms with Gasteiger partial charge in [0, 0.05) is 8.95 Å². The van der Waals surface area contributed by atoms with Gasteiger partial charge in [0.1, 0.15) is 28.0 Å². The minimum Gasteiger partial charge on any atom is -0.497 e. The molecule has 174 valence electrons. The summed E-state index contributed by atoms with van der Waals surface area (Å²) in [4.78, 5) is 12.7. The van der Waals surface area contributed by atoms with E-state index < -0.39 is 16.0 Å². The van der Waals surface area contributed by atoms with Gasteiger partial charge in [0.2, 0.25) is 0 Å². The first-order valence-corrected chi connectivity index (χ1v) is 12.7. The zero-order valence-electron chi connectivity index (χ0n) is 18.0. The molecule has 0 unspecified atom stereocenters. The normalized spacial score (nSPS) is 11.4. The summed E-state index contributed by atoms with van der Waals surface area (Å²) in [5.74, 6) is -0.0747. The number of nitrogens with one attached hydrogen (secondary N) is 1. The van der Waals surface area contributed by atoms with Crippen molar-refractivity contribution >= 4 is 59.6 Å². The smallest absolute Gasteiger partial charge is 0.339 e. The maximum absolute atomic E-state index is 12.7. The van der Waals surface area contributed by atoms with E-state index in [1.807, 2.05) is 25.1 Å². The molecule has 7 nitrogen and oxygen atoms in total. The van der Waals surface area contributed by atoms with Crippen LogP contribution in [0.5, 0.6) is 11.5 Å². The van der Waals surface area contributed by atoms with Crippen molar-refractivity contribution in [2.24, 2.45) is 0 Å². The summed E-state index contributed by atoms with van der Waals surface area (Å²) in [6.45, 7) is 1.91. The number of nitrogens with zero attached hydrogens (tertiary/aromatic N) is 1. The fraction of sp³-hybridized carbons (Fsp3) is 0.0833. The van der Waals surface area contributed by atoms with E-state index in [-0.39, 0.29) is 16.2 Å². The second kappa shape index (κ2) is 10.9. The van der Waals surface area contributed by atoms with Crippen LogP contribution in [0.2, 0.25) is 0 Å². The number of nitriles is 1. The van der Waals surface area contributed by atoms with Gasteiger partial charge in [-0.15, -0.1) is 0 Å². The molecule has 0 bridgehead atoms. The highest BCUT2D eigenvalue weighted by Gasteiger charge is 2.18. The molecule has 0 spiro atoms. The number of anilines is 1. The molecule has 1 amide bonds. The largest absolute Gasteiger partial charge is 0.497 e. The lowest BCUT2D eigenvalue weighted by molar-refractivity contribution is -0.112. The summed E-state index contributed by atoms with van der Waals surface area (Å²) in [6, 6.07) is 17.4. The lowest BCUT2D eigenvalue weighted by atomic mass is 10.1. The molecular weight excluding hydrogens is 588 g/mol. The average Bonchev–Trinajstić information content (AvgIpc) is 2.79. The fourth-order valence-electron chi connectivity index (χ4n) is 2.89. The number of carbonyl (C=O) groups is 1. The Hall–Kier alpha value is -3.13. The second-order valence-electron chi connectivity index (χ2n) is 7.01. The number of hydrogen-bond acceptors (Lipinski definition) is 6. The lowest BCUT2D eigenvalue weighted by Crippen LogP contribution is -2.14. The molecule has 3 aromatic rings. The Bertz CT molecular complexity index is 1390. The molecular formula is C24H18Br2N2O5S. The first-order chi connectivity index (χ1) is 16.1. The molecule has 3 rings (SSSR count). The van der Waals surface area contributed by atoms with E-state index in [1.165, 1.54) is 49.6 Å². The average molecular weight is 606 g/mol. The van der Waals surface area contributed by atoms with Gasteiger partial charge < -0.3 is 14.2 Å². The third-order valence-corrected chi connectivity index (χ3v) is 7.03. The monoisotopic (exact) mass is 604 g/mol. The van der Waals surface area contributed by atoms with Crippen LogP contribution in [0.25, 0.3) is 6.08 Å². The van der Waals surface area contributed by atoms with Crippen molar-refractivity contribution in [1.29, 1.82) is 5.26 Å². The quantitative estimate of drug-likeness (QED) is 0.206. The van der Waals surface area contributed by atoms with Gasteiger partial charge in [-0.2, -0.15) is 13.7 Å². The van der Waals surface area contributed by atoms with Gasteiger partial charge in [-0.3, -0.25) is 4.79 Å². The van der Waals surface area contributed by atoms with Crippen LogP contribution >= 0.6 is 31.9 Å². The van der Waals surface area contributed by atoms with Crippen LogP contribution in [0, 0.1) is 18.3 Å². The molecule has 0 aliphatic rings. The predicted octanol–water partition coefficient (Wildman–Crippen LogP) is 5.84. The minimum absolute atomic E-state index is 0.0336. The van der Waals surface area contributed by atoms with E-state index >= 15 is 0 Å². The van der Waals surface area contributed by atoms with Crippen LogP contribution in [0.4, 0.5) is 5.69 Å². The first kappa shape index (κ1) is 25.5. The molecule has 0 aromatic heterocycles. The number of hydrogen-bond donors (Lipinski definition) is 1. The Morgan fingerprint density at radius 3 is 2.26 bits per heavy atom. The molecule has 0 heterocycles. The first-order valence-electron chi connectivity index (χ1n) is 9.70. The third-order valence-electron chi connectivity index (χ3n) is 4.51. The summed E-state index contributed by atoms with van der Waals surface area (Å²) < 4.78 is 36.7. The van der Waals surface area contributed by atoms with Gasteiger partial charge >= 0.3 is 10.1 Å². The Balaban J connectivity index is 1.83. The van der Waals surface area contributed by atoms with Crippen LogP contribution in [-0.2, 0) is 14.9 Å². The van der Waals surface area contributed by atoms with Gasteiger partial charge in [-0.05, 0) is 105 Å². The minimum atomic E-state index is -4.09. The zero-order valence-corrected chi connectivity index (χ0v) is 22.0. The molecule has 0 saturated heterocycles. The van der Waals surface area contributed by atoms with Crippen molar-refractivity contribution in [3.05, 3.63) is 86.3 Å². The third kappa shape index (κ3) is 6.26. The Kier molecular flexibility index (Phi) is 8.15. The zero-order chi connectivity index (χ0) is 24.9. The summed E-state index contributed by atoms with van der Waals surface area (Å²) >= 11 is 6.80. The highest BCUT2D eigenvalue weighted by atomic mass is 79.9. The molecule has 0 saturated carbocycles. The highest BCUT2D eigenvalue weighted by molar-refractivity contribution is 9.11. The topological polar surface area (TPSA) is 105 Å². The Labute approximate surface area is 214 Å². The van der Waals surface area contributed by atoms with E-state index in [0.29, 0.717) is 25.9 Å². The van der Waals surface area contributed by atoms with E-state index in [0.717, 1.165) is 5.56 Å². The molecule has 0 radical (unpaired) electrons.